The number of tetrazole rings is 1. The van der Waals surface area contributed by atoms with Crippen molar-refractivity contribution in [3.05, 3.63) is 34.7 Å². The van der Waals surface area contributed by atoms with Crippen molar-refractivity contribution in [2.24, 2.45) is 7.05 Å². The number of thioether (sulfide) groups is 1. The van der Waals surface area contributed by atoms with Gasteiger partial charge in [0.2, 0.25) is 11.1 Å². The first kappa shape index (κ1) is 15.6. The normalized spacial score (nSPS) is 10.7. The van der Waals surface area contributed by atoms with E-state index in [2.05, 4.69) is 25.8 Å². The van der Waals surface area contributed by atoms with Crippen LogP contribution in [0.3, 0.4) is 0 Å². The Kier molecular flexibility index (Phi) is 4.68. The number of thiazole rings is 1. The number of carbonyl (C=O) groups excluding carboxylic acids is 1. The van der Waals surface area contributed by atoms with Crippen LogP contribution in [-0.2, 0) is 11.8 Å². The van der Waals surface area contributed by atoms with Gasteiger partial charge in [-0.3, -0.25) is 4.79 Å². The van der Waals surface area contributed by atoms with E-state index < -0.39 is 0 Å². The van der Waals surface area contributed by atoms with Crippen LogP contribution in [0.15, 0.2) is 34.8 Å². The van der Waals surface area contributed by atoms with Crippen molar-refractivity contribution in [2.75, 3.05) is 11.1 Å². The highest BCUT2D eigenvalue weighted by Crippen LogP contribution is 2.24. The molecule has 3 rings (SSSR count). The summed E-state index contributed by atoms with van der Waals surface area (Å²) in [5.41, 5.74) is 2.65. The average molecular weight is 346 g/mol. The van der Waals surface area contributed by atoms with Gasteiger partial charge < -0.3 is 5.32 Å². The summed E-state index contributed by atoms with van der Waals surface area (Å²) >= 11 is 2.89. The van der Waals surface area contributed by atoms with Gasteiger partial charge in [-0.1, -0.05) is 23.9 Å². The topological polar surface area (TPSA) is 85.6 Å². The van der Waals surface area contributed by atoms with Crippen molar-refractivity contribution in [3.8, 4) is 11.3 Å². The minimum atomic E-state index is -0.107. The first-order chi connectivity index (χ1) is 11.1. The van der Waals surface area contributed by atoms with Gasteiger partial charge in [0.15, 0.2) is 0 Å². The number of hydrogen-bond acceptors (Lipinski definition) is 7. The van der Waals surface area contributed by atoms with Crippen molar-refractivity contribution in [2.45, 2.75) is 12.1 Å². The molecule has 0 unspecified atom stereocenters. The number of amides is 1. The summed E-state index contributed by atoms with van der Waals surface area (Å²) in [5, 5.41) is 17.6. The maximum absolute atomic E-state index is 12.0. The molecule has 9 heteroatoms. The predicted molar refractivity (Wildman–Crippen MR) is 90.4 cm³/mol. The fraction of sp³-hybridized carbons (Fsp3) is 0.214. The van der Waals surface area contributed by atoms with E-state index in [0.717, 1.165) is 22.0 Å². The molecule has 0 aliphatic heterocycles. The van der Waals surface area contributed by atoms with Crippen LogP contribution in [0.1, 0.15) is 5.01 Å². The van der Waals surface area contributed by atoms with Crippen molar-refractivity contribution < 1.29 is 4.79 Å². The Morgan fingerprint density at radius 3 is 3.00 bits per heavy atom. The third kappa shape index (κ3) is 3.93. The third-order valence-electron chi connectivity index (χ3n) is 2.97. The lowest BCUT2D eigenvalue weighted by atomic mass is 10.1. The molecule has 0 bridgehead atoms. The SMILES string of the molecule is Cc1nc(-c2cccc(NC(=O)CSc3nnnn3C)c2)cs1. The smallest absolute Gasteiger partial charge is 0.234 e. The zero-order valence-electron chi connectivity index (χ0n) is 12.6. The van der Waals surface area contributed by atoms with E-state index in [4.69, 9.17) is 0 Å². The van der Waals surface area contributed by atoms with Crippen molar-refractivity contribution in [1.29, 1.82) is 0 Å². The van der Waals surface area contributed by atoms with Crippen LogP contribution in [0, 0.1) is 6.92 Å². The van der Waals surface area contributed by atoms with Crippen molar-refractivity contribution >= 4 is 34.7 Å². The van der Waals surface area contributed by atoms with Crippen LogP contribution in [0.4, 0.5) is 5.69 Å². The molecule has 0 fully saturated rings. The molecule has 23 heavy (non-hydrogen) atoms. The number of nitrogens with zero attached hydrogens (tertiary/aromatic N) is 5. The number of nitrogens with one attached hydrogen (secondary N) is 1. The van der Waals surface area contributed by atoms with Gasteiger partial charge in [0.25, 0.3) is 0 Å². The predicted octanol–water partition coefficient (Wildman–Crippen LogP) is 2.37. The van der Waals surface area contributed by atoms with Gasteiger partial charge in [-0.2, -0.15) is 0 Å². The van der Waals surface area contributed by atoms with E-state index in [-0.39, 0.29) is 11.7 Å². The van der Waals surface area contributed by atoms with Gasteiger partial charge in [0, 0.05) is 23.7 Å². The highest BCUT2D eigenvalue weighted by molar-refractivity contribution is 7.99. The molecular formula is C14H14N6OS2. The van der Waals surface area contributed by atoms with E-state index in [1.54, 1.807) is 18.4 Å². The summed E-state index contributed by atoms with van der Waals surface area (Å²) in [6.45, 7) is 1.97. The Morgan fingerprint density at radius 2 is 2.30 bits per heavy atom. The van der Waals surface area contributed by atoms with E-state index in [0.29, 0.717) is 5.16 Å². The van der Waals surface area contributed by atoms with Crippen molar-refractivity contribution in [1.82, 2.24) is 25.2 Å². The third-order valence-corrected chi connectivity index (χ3v) is 4.76. The molecule has 0 radical (unpaired) electrons. The summed E-state index contributed by atoms with van der Waals surface area (Å²) in [6.07, 6.45) is 0. The minimum Gasteiger partial charge on any atom is -0.325 e. The summed E-state index contributed by atoms with van der Waals surface area (Å²) in [4.78, 5) is 16.5. The second kappa shape index (κ2) is 6.88. The molecule has 0 atom stereocenters. The number of anilines is 1. The second-order valence-corrected chi connectivity index (χ2v) is 6.76. The van der Waals surface area contributed by atoms with Gasteiger partial charge in [0.05, 0.1) is 16.5 Å². The number of rotatable bonds is 5. The van der Waals surface area contributed by atoms with Crippen LogP contribution in [0.5, 0.6) is 0 Å². The van der Waals surface area contributed by atoms with E-state index in [9.17, 15) is 4.79 Å². The molecule has 0 saturated heterocycles. The zero-order chi connectivity index (χ0) is 16.2. The van der Waals surface area contributed by atoms with Gasteiger partial charge >= 0.3 is 0 Å². The second-order valence-electron chi connectivity index (χ2n) is 4.75. The van der Waals surface area contributed by atoms with Gasteiger partial charge in [-0.25, -0.2) is 9.67 Å². The van der Waals surface area contributed by atoms with Crippen LogP contribution in [0.2, 0.25) is 0 Å². The van der Waals surface area contributed by atoms with E-state index in [1.807, 2.05) is 36.6 Å². The van der Waals surface area contributed by atoms with E-state index in [1.165, 1.54) is 16.4 Å². The summed E-state index contributed by atoms with van der Waals surface area (Å²) < 4.78 is 1.53. The Balaban J connectivity index is 1.63. The first-order valence-corrected chi connectivity index (χ1v) is 8.66. The number of carbonyl (C=O) groups is 1. The lowest BCUT2D eigenvalue weighted by Crippen LogP contribution is -2.14. The molecule has 3 aromatic rings. The lowest BCUT2D eigenvalue weighted by Gasteiger charge is -2.06. The Hall–Kier alpha value is -2.26. The Bertz CT molecular complexity index is 828. The van der Waals surface area contributed by atoms with Crippen LogP contribution >= 0.6 is 23.1 Å². The highest BCUT2D eigenvalue weighted by atomic mass is 32.2. The molecule has 0 aliphatic carbocycles. The van der Waals surface area contributed by atoms with Crippen LogP contribution in [-0.4, -0.2) is 36.9 Å². The Labute approximate surface area is 141 Å². The summed E-state index contributed by atoms with van der Waals surface area (Å²) in [7, 11) is 1.74. The van der Waals surface area contributed by atoms with Gasteiger partial charge in [-0.05, 0) is 29.5 Å². The fourth-order valence-electron chi connectivity index (χ4n) is 1.92. The lowest BCUT2D eigenvalue weighted by molar-refractivity contribution is -0.113. The maximum atomic E-state index is 12.0. The number of aromatic nitrogens is 5. The van der Waals surface area contributed by atoms with Crippen molar-refractivity contribution in [3.63, 3.8) is 0 Å². The van der Waals surface area contributed by atoms with Gasteiger partial charge in [-0.15, -0.1) is 16.4 Å². The molecule has 1 amide bonds. The number of aryl methyl sites for hydroxylation is 2. The molecule has 1 aromatic carbocycles. The molecule has 2 aromatic heterocycles. The quantitative estimate of drug-likeness (QED) is 0.714. The monoisotopic (exact) mass is 346 g/mol. The largest absolute Gasteiger partial charge is 0.325 e. The average Bonchev–Trinajstić information content (AvgIpc) is 3.14. The minimum absolute atomic E-state index is 0.107. The van der Waals surface area contributed by atoms with Crippen LogP contribution < -0.4 is 5.32 Å². The molecule has 0 saturated carbocycles. The molecule has 118 valence electrons. The number of benzene rings is 1. The standard InChI is InChI=1S/C14H14N6OS2/c1-9-15-12(7-22-9)10-4-3-5-11(6-10)16-13(21)8-23-14-17-18-19-20(14)2/h3-7H,8H2,1-2H3,(H,16,21). The fourth-order valence-corrected chi connectivity index (χ4v) is 3.19. The number of hydrogen-bond donors (Lipinski definition) is 1. The summed E-state index contributed by atoms with van der Waals surface area (Å²) in [6, 6.07) is 7.65. The molecule has 1 N–H and O–H groups in total. The summed E-state index contributed by atoms with van der Waals surface area (Å²) in [5.74, 6) is 0.137. The van der Waals surface area contributed by atoms with E-state index >= 15 is 0 Å². The highest BCUT2D eigenvalue weighted by Gasteiger charge is 2.09. The maximum Gasteiger partial charge on any atom is 0.234 e. The Morgan fingerprint density at radius 1 is 1.43 bits per heavy atom. The molecule has 0 spiro atoms. The van der Waals surface area contributed by atoms with Crippen LogP contribution in [0.25, 0.3) is 11.3 Å². The molecule has 0 aliphatic rings. The zero-order valence-corrected chi connectivity index (χ0v) is 14.2. The molecular weight excluding hydrogens is 332 g/mol. The molecule has 2 heterocycles. The molecule has 7 nitrogen and oxygen atoms in total. The van der Waals surface area contributed by atoms with Gasteiger partial charge in [0.1, 0.15) is 0 Å². The first-order valence-electron chi connectivity index (χ1n) is 6.79.